The molecule has 3 nitrogen and oxygen atoms in total. The van der Waals surface area contributed by atoms with Gasteiger partial charge in [0.2, 0.25) is 0 Å². The van der Waals surface area contributed by atoms with E-state index in [0.29, 0.717) is 10.6 Å². The molecule has 1 aromatic carbocycles. The van der Waals surface area contributed by atoms with Crippen molar-refractivity contribution in [2.75, 3.05) is 19.6 Å². The molecule has 4 heteroatoms. The predicted octanol–water partition coefficient (Wildman–Crippen LogP) is 3.25. The normalized spacial score (nSPS) is 18.8. The third-order valence-corrected chi connectivity index (χ3v) is 4.74. The molecule has 1 N–H and O–H groups in total. The zero-order valence-electron chi connectivity index (χ0n) is 12.5. The fourth-order valence-electron chi connectivity index (χ4n) is 2.68. The van der Waals surface area contributed by atoms with E-state index >= 15 is 0 Å². The van der Waals surface area contributed by atoms with Crippen molar-refractivity contribution in [3.8, 4) is 0 Å². The molecule has 0 aromatic heterocycles. The number of nitrogens with zero attached hydrogens (tertiary/aromatic N) is 1. The zero-order valence-corrected chi connectivity index (χ0v) is 13.3. The Morgan fingerprint density at radius 3 is 2.65 bits per heavy atom. The van der Waals surface area contributed by atoms with E-state index in [2.05, 4.69) is 24.1 Å². The molecule has 0 bridgehead atoms. The Bertz CT molecular complexity index is 493. The number of carbonyl (C=O) groups excluding carboxylic acids is 1. The molecule has 110 valence electrons. The summed E-state index contributed by atoms with van der Waals surface area (Å²) in [7, 11) is 0. The van der Waals surface area contributed by atoms with Crippen LogP contribution >= 0.6 is 11.6 Å². The lowest BCUT2D eigenvalue weighted by Crippen LogP contribution is -2.53. The van der Waals surface area contributed by atoms with Crippen LogP contribution in [0.2, 0.25) is 5.02 Å². The van der Waals surface area contributed by atoms with Crippen molar-refractivity contribution in [2.45, 2.75) is 39.2 Å². The standard InChI is InChI=1S/C16H23ClN2O/c1-4-19-10-8-16(3,9-11-19)18-15(20)13-6-5-7-14(17)12(13)2/h5-7H,4,8-11H2,1-3H3,(H,18,20). The van der Waals surface area contributed by atoms with E-state index in [4.69, 9.17) is 11.6 Å². The van der Waals surface area contributed by atoms with E-state index < -0.39 is 0 Å². The van der Waals surface area contributed by atoms with Gasteiger partial charge in [0.05, 0.1) is 0 Å². The number of likely N-dealkylation sites (tertiary alicyclic amines) is 1. The highest BCUT2D eigenvalue weighted by Crippen LogP contribution is 2.24. The van der Waals surface area contributed by atoms with Gasteiger partial charge in [-0.15, -0.1) is 0 Å². The van der Waals surface area contributed by atoms with E-state index in [1.165, 1.54) is 0 Å². The fraction of sp³-hybridized carbons (Fsp3) is 0.562. The molecule has 0 spiro atoms. The van der Waals surface area contributed by atoms with Crippen molar-refractivity contribution in [2.24, 2.45) is 0 Å². The third kappa shape index (κ3) is 3.33. The number of hydrogen-bond acceptors (Lipinski definition) is 2. The summed E-state index contributed by atoms with van der Waals surface area (Å²) in [5.74, 6) is -0.0163. The Labute approximate surface area is 126 Å². The van der Waals surface area contributed by atoms with Crippen LogP contribution in [0.3, 0.4) is 0 Å². The smallest absolute Gasteiger partial charge is 0.252 e. The molecule has 1 fully saturated rings. The van der Waals surface area contributed by atoms with Gasteiger partial charge in [-0.05, 0) is 50.9 Å². The average molecular weight is 295 g/mol. The highest BCUT2D eigenvalue weighted by atomic mass is 35.5. The first-order valence-electron chi connectivity index (χ1n) is 7.25. The second-order valence-corrected chi connectivity index (χ2v) is 6.27. The van der Waals surface area contributed by atoms with Crippen LogP contribution in [-0.2, 0) is 0 Å². The summed E-state index contributed by atoms with van der Waals surface area (Å²) in [6.45, 7) is 9.37. The summed E-state index contributed by atoms with van der Waals surface area (Å²) in [6, 6.07) is 5.47. The number of carbonyl (C=O) groups is 1. The Morgan fingerprint density at radius 2 is 2.05 bits per heavy atom. The highest BCUT2D eigenvalue weighted by Gasteiger charge is 2.31. The van der Waals surface area contributed by atoms with Crippen molar-refractivity contribution in [3.05, 3.63) is 34.3 Å². The molecular formula is C16H23ClN2O. The molecule has 1 amide bonds. The van der Waals surface area contributed by atoms with E-state index in [0.717, 1.165) is 38.0 Å². The Morgan fingerprint density at radius 1 is 1.40 bits per heavy atom. The SMILES string of the molecule is CCN1CCC(C)(NC(=O)c2cccc(Cl)c2C)CC1. The van der Waals surface area contributed by atoms with Crippen LogP contribution in [0.15, 0.2) is 18.2 Å². The van der Waals surface area contributed by atoms with Gasteiger partial charge < -0.3 is 10.2 Å². The van der Waals surface area contributed by atoms with Crippen LogP contribution in [-0.4, -0.2) is 36.0 Å². The fourth-order valence-corrected chi connectivity index (χ4v) is 2.86. The second kappa shape index (κ2) is 6.15. The monoisotopic (exact) mass is 294 g/mol. The van der Waals surface area contributed by atoms with Crippen LogP contribution in [0.5, 0.6) is 0 Å². The van der Waals surface area contributed by atoms with Gasteiger partial charge in [-0.25, -0.2) is 0 Å². The maximum atomic E-state index is 12.5. The van der Waals surface area contributed by atoms with Crippen LogP contribution in [0.4, 0.5) is 0 Å². The van der Waals surface area contributed by atoms with Crippen LogP contribution in [0.25, 0.3) is 0 Å². The lowest BCUT2D eigenvalue weighted by Gasteiger charge is -2.39. The number of piperidine rings is 1. The highest BCUT2D eigenvalue weighted by molar-refractivity contribution is 6.31. The second-order valence-electron chi connectivity index (χ2n) is 5.86. The van der Waals surface area contributed by atoms with E-state index in [9.17, 15) is 4.79 Å². The zero-order chi connectivity index (χ0) is 14.8. The molecule has 2 rings (SSSR count). The van der Waals surface area contributed by atoms with Gasteiger partial charge in [0.25, 0.3) is 5.91 Å². The van der Waals surface area contributed by atoms with E-state index in [-0.39, 0.29) is 11.4 Å². The molecule has 0 unspecified atom stereocenters. The quantitative estimate of drug-likeness (QED) is 0.928. The molecule has 0 saturated carbocycles. The number of amides is 1. The lowest BCUT2D eigenvalue weighted by molar-refractivity contribution is 0.0838. The average Bonchev–Trinajstić information content (AvgIpc) is 2.42. The van der Waals surface area contributed by atoms with Crippen LogP contribution in [0.1, 0.15) is 42.6 Å². The van der Waals surface area contributed by atoms with Crippen molar-refractivity contribution in [1.29, 1.82) is 0 Å². The first-order chi connectivity index (χ1) is 9.45. The number of hydrogen-bond donors (Lipinski definition) is 1. The number of benzene rings is 1. The Kier molecular flexibility index (Phi) is 4.71. The van der Waals surface area contributed by atoms with Gasteiger partial charge in [0.1, 0.15) is 0 Å². The molecule has 0 atom stereocenters. The molecule has 1 aromatic rings. The van der Waals surface area contributed by atoms with Crippen molar-refractivity contribution in [1.82, 2.24) is 10.2 Å². The third-order valence-electron chi connectivity index (χ3n) is 4.33. The van der Waals surface area contributed by atoms with Gasteiger partial charge >= 0.3 is 0 Å². The summed E-state index contributed by atoms with van der Waals surface area (Å²) in [4.78, 5) is 14.9. The summed E-state index contributed by atoms with van der Waals surface area (Å²) < 4.78 is 0. The summed E-state index contributed by atoms with van der Waals surface area (Å²) in [5.41, 5.74) is 1.41. The minimum absolute atomic E-state index is 0.0163. The van der Waals surface area contributed by atoms with Gasteiger partial charge in [-0.2, -0.15) is 0 Å². The first-order valence-corrected chi connectivity index (χ1v) is 7.63. The molecule has 0 radical (unpaired) electrons. The lowest BCUT2D eigenvalue weighted by atomic mass is 9.89. The van der Waals surface area contributed by atoms with Gasteiger partial charge in [-0.1, -0.05) is 24.6 Å². The number of halogens is 1. The largest absolute Gasteiger partial charge is 0.347 e. The Balaban J connectivity index is 2.06. The Hall–Kier alpha value is -1.06. The molecular weight excluding hydrogens is 272 g/mol. The van der Waals surface area contributed by atoms with Crippen molar-refractivity contribution < 1.29 is 4.79 Å². The summed E-state index contributed by atoms with van der Waals surface area (Å²) >= 11 is 6.09. The van der Waals surface area contributed by atoms with Crippen LogP contribution in [0, 0.1) is 6.92 Å². The van der Waals surface area contributed by atoms with Gasteiger partial charge in [-0.3, -0.25) is 4.79 Å². The topological polar surface area (TPSA) is 32.3 Å². The predicted molar refractivity (Wildman–Crippen MR) is 83.4 cm³/mol. The van der Waals surface area contributed by atoms with Crippen LogP contribution < -0.4 is 5.32 Å². The molecule has 1 aliphatic heterocycles. The molecule has 20 heavy (non-hydrogen) atoms. The molecule has 0 aliphatic carbocycles. The summed E-state index contributed by atoms with van der Waals surface area (Å²) in [6.07, 6.45) is 1.98. The molecule has 1 heterocycles. The maximum Gasteiger partial charge on any atom is 0.252 e. The van der Waals surface area contributed by atoms with Gasteiger partial charge in [0, 0.05) is 29.2 Å². The molecule has 1 aliphatic rings. The van der Waals surface area contributed by atoms with Gasteiger partial charge in [0.15, 0.2) is 0 Å². The summed E-state index contributed by atoms with van der Waals surface area (Å²) in [5, 5.41) is 3.84. The minimum Gasteiger partial charge on any atom is -0.347 e. The number of rotatable bonds is 3. The molecule has 1 saturated heterocycles. The van der Waals surface area contributed by atoms with Crippen molar-refractivity contribution >= 4 is 17.5 Å². The maximum absolute atomic E-state index is 12.5. The first kappa shape index (κ1) is 15.3. The number of nitrogens with one attached hydrogen (secondary N) is 1. The minimum atomic E-state index is -0.114. The van der Waals surface area contributed by atoms with E-state index in [1.807, 2.05) is 25.1 Å². The van der Waals surface area contributed by atoms with E-state index in [1.54, 1.807) is 0 Å². The van der Waals surface area contributed by atoms with Crippen molar-refractivity contribution in [3.63, 3.8) is 0 Å².